The highest BCUT2D eigenvalue weighted by atomic mass is 14.7. The van der Waals surface area contributed by atoms with Crippen LogP contribution in [-0.4, -0.2) is 4.98 Å². The molecule has 72 valence electrons. The third-order valence-corrected chi connectivity index (χ3v) is 2.16. The van der Waals surface area contributed by atoms with Gasteiger partial charge in [-0.1, -0.05) is 12.1 Å². The number of aromatic nitrogens is 1. The molecule has 0 aliphatic rings. The maximum absolute atomic E-state index is 8.78. The maximum atomic E-state index is 8.78. The lowest BCUT2D eigenvalue weighted by Crippen LogP contribution is -1.90. The molecule has 3 nitrogen and oxygen atoms in total. The lowest BCUT2D eigenvalue weighted by atomic mass is 10.0. The first-order chi connectivity index (χ1) is 7.31. The number of anilines is 1. The van der Waals surface area contributed by atoms with Gasteiger partial charge in [-0.25, -0.2) is 0 Å². The molecule has 2 aromatic rings. The molecule has 0 radical (unpaired) electrons. The highest BCUT2D eigenvalue weighted by Crippen LogP contribution is 2.24. The Balaban J connectivity index is 2.55. The van der Waals surface area contributed by atoms with Crippen molar-refractivity contribution in [3.8, 4) is 17.2 Å². The molecule has 0 amide bonds. The molecule has 0 atom stereocenters. The first-order valence-electron chi connectivity index (χ1n) is 4.51. The van der Waals surface area contributed by atoms with E-state index >= 15 is 0 Å². The van der Waals surface area contributed by atoms with Gasteiger partial charge in [-0.2, -0.15) is 5.26 Å². The molecular formula is C12H9N3. The summed E-state index contributed by atoms with van der Waals surface area (Å²) < 4.78 is 0. The van der Waals surface area contributed by atoms with Crippen LogP contribution in [-0.2, 0) is 0 Å². The largest absolute Gasteiger partial charge is 0.398 e. The molecule has 0 aliphatic heterocycles. The number of pyridine rings is 1. The SMILES string of the molecule is N#Cc1cccc(-c2cnccc2N)c1. The normalized spacial score (nSPS) is 9.53. The van der Waals surface area contributed by atoms with Gasteiger partial charge >= 0.3 is 0 Å². The smallest absolute Gasteiger partial charge is 0.0991 e. The van der Waals surface area contributed by atoms with Crippen LogP contribution in [0.3, 0.4) is 0 Å². The van der Waals surface area contributed by atoms with Gasteiger partial charge in [0.1, 0.15) is 0 Å². The molecule has 0 spiro atoms. The van der Waals surface area contributed by atoms with E-state index < -0.39 is 0 Å². The third kappa shape index (κ3) is 1.79. The van der Waals surface area contributed by atoms with Crippen molar-refractivity contribution in [2.75, 3.05) is 5.73 Å². The summed E-state index contributed by atoms with van der Waals surface area (Å²) in [4.78, 5) is 4.01. The van der Waals surface area contributed by atoms with Crippen molar-refractivity contribution in [3.05, 3.63) is 48.3 Å². The van der Waals surface area contributed by atoms with Crippen LogP contribution in [0.2, 0.25) is 0 Å². The molecule has 15 heavy (non-hydrogen) atoms. The summed E-state index contributed by atoms with van der Waals surface area (Å²) in [6.45, 7) is 0. The number of nitrogen functional groups attached to an aromatic ring is 1. The molecular weight excluding hydrogens is 186 g/mol. The van der Waals surface area contributed by atoms with E-state index in [0.717, 1.165) is 11.1 Å². The van der Waals surface area contributed by atoms with Gasteiger partial charge < -0.3 is 5.73 Å². The molecule has 0 saturated carbocycles. The summed E-state index contributed by atoms with van der Waals surface area (Å²) in [6.07, 6.45) is 3.35. The predicted molar refractivity (Wildman–Crippen MR) is 58.8 cm³/mol. The maximum Gasteiger partial charge on any atom is 0.0991 e. The molecule has 2 rings (SSSR count). The van der Waals surface area contributed by atoms with Crippen LogP contribution in [0, 0.1) is 11.3 Å². The van der Waals surface area contributed by atoms with Crippen LogP contribution < -0.4 is 5.73 Å². The quantitative estimate of drug-likeness (QED) is 0.758. The summed E-state index contributed by atoms with van der Waals surface area (Å²) >= 11 is 0. The van der Waals surface area contributed by atoms with E-state index in [-0.39, 0.29) is 0 Å². The monoisotopic (exact) mass is 195 g/mol. The van der Waals surface area contributed by atoms with E-state index in [9.17, 15) is 0 Å². The average Bonchev–Trinajstić information content (AvgIpc) is 2.30. The Morgan fingerprint density at radius 2 is 2.13 bits per heavy atom. The number of hydrogen-bond donors (Lipinski definition) is 1. The third-order valence-electron chi connectivity index (χ3n) is 2.16. The van der Waals surface area contributed by atoms with Gasteiger partial charge in [-0.05, 0) is 23.8 Å². The van der Waals surface area contributed by atoms with Crippen LogP contribution in [0.15, 0.2) is 42.7 Å². The van der Waals surface area contributed by atoms with Crippen molar-refractivity contribution in [1.29, 1.82) is 5.26 Å². The molecule has 0 saturated heterocycles. The number of hydrogen-bond acceptors (Lipinski definition) is 3. The zero-order valence-corrected chi connectivity index (χ0v) is 8.01. The summed E-state index contributed by atoms with van der Waals surface area (Å²) in [5.41, 5.74) is 8.88. The second-order valence-corrected chi connectivity index (χ2v) is 3.16. The average molecular weight is 195 g/mol. The molecule has 1 heterocycles. The molecule has 1 aromatic carbocycles. The van der Waals surface area contributed by atoms with E-state index in [2.05, 4.69) is 11.1 Å². The van der Waals surface area contributed by atoms with Gasteiger partial charge in [0.15, 0.2) is 0 Å². The molecule has 0 unspecified atom stereocenters. The Labute approximate surface area is 87.8 Å². The van der Waals surface area contributed by atoms with E-state index in [0.29, 0.717) is 11.3 Å². The first-order valence-corrected chi connectivity index (χ1v) is 4.51. The molecule has 3 heteroatoms. The Morgan fingerprint density at radius 3 is 2.87 bits per heavy atom. The second-order valence-electron chi connectivity index (χ2n) is 3.16. The topological polar surface area (TPSA) is 62.7 Å². The van der Waals surface area contributed by atoms with Crippen LogP contribution in [0.4, 0.5) is 5.69 Å². The summed E-state index contributed by atoms with van der Waals surface area (Å²) in [5, 5.41) is 8.78. The second kappa shape index (κ2) is 3.81. The van der Waals surface area contributed by atoms with E-state index in [1.165, 1.54) is 0 Å². The lowest BCUT2D eigenvalue weighted by Gasteiger charge is -2.04. The molecule has 2 N–H and O–H groups in total. The van der Waals surface area contributed by atoms with Gasteiger partial charge in [-0.15, -0.1) is 0 Å². The summed E-state index contributed by atoms with van der Waals surface area (Å²) in [5.74, 6) is 0. The van der Waals surface area contributed by atoms with Crippen molar-refractivity contribution in [2.24, 2.45) is 0 Å². The molecule has 1 aromatic heterocycles. The van der Waals surface area contributed by atoms with Crippen LogP contribution in [0.25, 0.3) is 11.1 Å². The van der Waals surface area contributed by atoms with Crippen molar-refractivity contribution < 1.29 is 0 Å². The van der Waals surface area contributed by atoms with E-state index in [1.54, 1.807) is 30.6 Å². The van der Waals surface area contributed by atoms with Crippen LogP contribution in [0.5, 0.6) is 0 Å². The minimum absolute atomic E-state index is 0.621. The fourth-order valence-corrected chi connectivity index (χ4v) is 1.40. The lowest BCUT2D eigenvalue weighted by molar-refractivity contribution is 1.33. The minimum atomic E-state index is 0.621. The highest BCUT2D eigenvalue weighted by Gasteiger charge is 2.02. The van der Waals surface area contributed by atoms with Crippen molar-refractivity contribution in [3.63, 3.8) is 0 Å². The Morgan fingerprint density at radius 1 is 1.27 bits per heavy atom. The van der Waals surface area contributed by atoms with Crippen molar-refractivity contribution >= 4 is 5.69 Å². The van der Waals surface area contributed by atoms with Gasteiger partial charge in [0.05, 0.1) is 11.6 Å². The van der Waals surface area contributed by atoms with Gasteiger partial charge in [0.25, 0.3) is 0 Å². The van der Waals surface area contributed by atoms with Gasteiger partial charge in [0.2, 0.25) is 0 Å². The predicted octanol–water partition coefficient (Wildman–Crippen LogP) is 2.20. The van der Waals surface area contributed by atoms with E-state index in [1.807, 2.05) is 12.1 Å². The fourth-order valence-electron chi connectivity index (χ4n) is 1.40. The highest BCUT2D eigenvalue weighted by molar-refractivity contribution is 5.75. The zero-order valence-electron chi connectivity index (χ0n) is 8.01. The van der Waals surface area contributed by atoms with Crippen molar-refractivity contribution in [2.45, 2.75) is 0 Å². The molecule has 0 fully saturated rings. The Hall–Kier alpha value is -2.34. The first kappa shape index (κ1) is 9.22. The minimum Gasteiger partial charge on any atom is -0.398 e. The number of rotatable bonds is 1. The number of nitrogens with zero attached hydrogens (tertiary/aromatic N) is 2. The fraction of sp³-hybridized carbons (Fsp3) is 0. The van der Waals surface area contributed by atoms with E-state index in [4.69, 9.17) is 11.0 Å². The number of nitriles is 1. The Kier molecular flexibility index (Phi) is 2.34. The van der Waals surface area contributed by atoms with Crippen LogP contribution >= 0.6 is 0 Å². The zero-order chi connectivity index (χ0) is 10.7. The molecule has 0 aliphatic carbocycles. The standard InChI is InChI=1S/C12H9N3/c13-7-9-2-1-3-10(6-9)11-8-15-5-4-12(11)14/h1-6,8H,(H2,14,15). The van der Waals surface area contributed by atoms with Gasteiger partial charge in [-0.3, -0.25) is 4.98 Å². The number of benzene rings is 1. The number of nitrogens with two attached hydrogens (primary N) is 1. The van der Waals surface area contributed by atoms with Gasteiger partial charge in [0, 0.05) is 23.6 Å². The Bertz CT molecular complexity index is 526. The van der Waals surface area contributed by atoms with Crippen molar-refractivity contribution in [1.82, 2.24) is 4.98 Å². The molecule has 0 bridgehead atoms. The summed E-state index contributed by atoms with van der Waals surface area (Å²) in [7, 11) is 0. The summed E-state index contributed by atoms with van der Waals surface area (Å²) in [6, 6.07) is 11.1. The van der Waals surface area contributed by atoms with Crippen LogP contribution in [0.1, 0.15) is 5.56 Å².